The first-order valence-electron chi connectivity index (χ1n) is 10.9. The number of anilines is 1. The summed E-state index contributed by atoms with van der Waals surface area (Å²) in [6.45, 7) is 1.63. The summed E-state index contributed by atoms with van der Waals surface area (Å²) in [6, 6.07) is 16.5. The second-order valence-electron chi connectivity index (χ2n) is 8.92. The number of nitrogens with one attached hydrogen (secondary N) is 1. The predicted molar refractivity (Wildman–Crippen MR) is 124 cm³/mol. The minimum absolute atomic E-state index is 0.0834. The highest BCUT2D eigenvalue weighted by Gasteiger charge is 2.72. The molecule has 0 saturated carbocycles. The lowest BCUT2D eigenvalue weighted by Crippen LogP contribution is -2.57. The maximum atomic E-state index is 13.7. The van der Waals surface area contributed by atoms with Crippen molar-refractivity contribution in [2.45, 2.75) is 23.1 Å². The number of aryl methyl sites for hydroxylation is 1. The van der Waals surface area contributed by atoms with Crippen LogP contribution in [-0.4, -0.2) is 34.3 Å². The van der Waals surface area contributed by atoms with Gasteiger partial charge in [0.25, 0.3) is 0 Å². The lowest BCUT2D eigenvalue weighted by molar-refractivity contribution is -0.140. The quantitative estimate of drug-likeness (QED) is 0.437. The van der Waals surface area contributed by atoms with E-state index in [1.165, 1.54) is 0 Å². The third-order valence-electron chi connectivity index (χ3n) is 7.13. The molecule has 7 rings (SSSR count). The average Bonchev–Trinajstić information content (AvgIpc) is 3.36. The Kier molecular flexibility index (Phi) is 4.51. The second kappa shape index (κ2) is 7.17. The van der Waals surface area contributed by atoms with Crippen LogP contribution >= 0.6 is 23.2 Å². The second-order valence-corrected chi connectivity index (χ2v) is 10.1. The predicted octanol–water partition coefficient (Wildman–Crippen LogP) is 3.90. The molecule has 34 heavy (non-hydrogen) atoms. The molecular formula is C25H19Cl2N3O4. The van der Waals surface area contributed by atoms with Crippen molar-refractivity contribution in [3.63, 3.8) is 0 Å². The Labute approximate surface area is 205 Å². The molecule has 4 aliphatic rings. The molecule has 2 heterocycles. The molecule has 1 N–H and O–H groups in total. The van der Waals surface area contributed by atoms with Crippen molar-refractivity contribution >= 4 is 46.7 Å². The van der Waals surface area contributed by atoms with Crippen molar-refractivity contribution in [2.75, 3.05) is 11.9 Å². The maximum Gasteiger partial charge on any atom is 0.235 e. The Balaban J connectivity index is 1.37. The fourth-order valence-electron chi connectivity index (χ4n) is 5.79. The summed E-state index contributed by atoms with van der Waals surface area (Å²) in [5.41, 5.74) is 2.98. The van der Waals surface area contributed by atoms with E-state index in [2.05, 4.69) is 10.5 Å². The number of hydrogen-bond donors (Lipinski definition) is 1. The van der Waals surface area contributed by atoms with Gasteiger partial charge in [0.15, 0.2) is 5.82 Å². The molecule has 0 radical (unpaired) electrons. The van der Waals surface area contributed by atoms with E-state index in [1.807, 2.05) is 48.5 Å². The maximum absolute atomic E-state index is 13.7. The number of nitrogens with zero attached hydrogens (tertiary/aromatic N) is 2. The van der Waals surface area contributed by atoms with Gasteiger partial charge in [0.2, 0.25) is 17.7 Å². The van der Waals surface area contributed by atoms with Crippen molar-refractivity contribution in [3.05, 3.63) is 82.6 Å². The molecule has 3 aliphatic carbocycles. The smallest absolute Gasteiger partial charge is 0.235 e. The zero-order valence-electron chi connectivity index (χ0n) is 18.0. The van der Waals surface area contributed by atoms with Gasteiger partial charge in [0.05, 0.1) is 11.8 Å². The number of carbonyl (C=O) groups excluding carboxylic acids is 3. The molecule has 3 amide bonds. The van der Waals surface area contributed by atoms with Crippen LogP contribution in [-0.2, 0) is 24.1 Å². The molecule has 3 aromatic rings. The van der Waals surface area contributed by atoms with Crippen LogP contribution in [0.25, 0.3) is 0 Å². The number of hydrogen-bond acceptors (Lipinski definition) is 5. The number of rotatable bonds is 4. The Morgan fingerprint density at radius 3 is 1.85 bits per heavy atom. The molecule has 2 atom stereocenters. The van der Waals surface area contributed by atoms with Crippen molar-refractivity contribution in [3.8, 4) is 0 Å². The molecule has 1 saturated heterocycles. The van der Waals surface area contributed by atoms with Gasteiger partial charge in [-0.3, -0.25) is 19.3 Å². The largest absolute Gasteiger partial charge is 0.360 e. The van der Waals surface area contributed by atoms with Crippen LogP contribution < -0.4 is 5.32 Å². The number of aromatic nitrogens is 1. The van der Waals surface area contributed by atoms with E-state index in [0.717, 1.165) is 27.2 Å². The minimum Gasteiger partial charge on any atom is -0.360 e. The van der Waals surface area contributed by atoms with E-state index in [1.54, 1.807) is 13.0 Å². The summed E-state index contributed by atoms with van der Waals surface area (Å²) in [6.07, 6.45) is -0.0900. The molecule has 172 valence electrons. The zero-order chi connectivity index (χ0) is 23.8. The summed E-state index contributed by atoms with van der Waals surface area (Å²) in [4.78, 5) is 38.5. The van der Waals surface area contributed by atoms with Gasteiger partial charge in [-0.2, -0.15) is 0 Å². The highest BCUT2D eigenvalue weighted by Crippen LogP contribution is 2.69. The number of benzene rings is 2. The highest BCUT2D eigenvalue weighted by atomic mass is 35.5. The number of likely N-dealkylation sites (tertiary alicyclic amines) is 1. The van der Waals surface area contributed by atoms with E-state index in [9.17, 15) is 14.4 Å². The zero-order valence-corrected chi connectivity index (χ0v) is 19.6. The van der Waals surface area contributed by atoms with Crippen LogP contribution in [0.3, 0.4) is 0 Å². The number of imide groups is 1. The number of amides is 3. The van der Waals surface area contributed by atoms with Gasteiger partial charge < -0.3 is 9.84 Å². The lowest BCUT2D eigenvalue weighted by atomic mass is 9.54. The van der Waals surface area contributed by atoms with E-state index >= 15 is 0 Å². The van der Waals surface area contributed by atoms with E-state index in [4.69, 9.17) is 27.7 Å². The number of carbonyl (C=O) groups is 3. The first kappa shape index (κ1) is 21.4. The molecule has 1 fully saturated rings. The molecule has 1 aliphatic heterocycles. The Morgan fingerprint density at radius 1 is 0.971 bits per heavy atom. The van der Waals surface area contributed by atoms with Gasteiger partial charge in [0.1, 0.15) is 15.5 Å². The van der Waals surface area contributed by atoms with Crippen molar-refractivity contribution in [1.82, 2.24) is 10.1 Å². The van der Waals surface area contributed by atoms with E-state index in [0.29, 0.717) is 5.76 Å². The summed E-state index contributed by atoms with van der Waals surface area (Å²) >= 11 is 14.7. The van der Waals surface area contributed by atoms with Crippen molar-refractivity contribution in [1.29, 1.82) is 0 Å². The summed E-state index contributed by atoms with van der Waals surface area (Å²) < 4.78 is 4.94. The molecule has 1 aromatic heterocycles. The minimum atomic E-state index is -1.23. The van der Waals surface area contributed by atoms with Crippen LogP contribution in [0.5, 0.6) is 0 Å². The van der Waals surface area contributed by atoms with E-state index in [-0.39, 0.29) is 24.7 Å². The highest BCUT2D eigenvalue weighted by molar-refractivity contribution is 6.36. The molecule has 7 nitrogen and oxygen atoms in total. The summed E-state index contributed by atoms with van der Waals surface area (Å²) in [5, 5.41) is 6.33. The summed E-state index contributed by atoms with van der Waals surface area (Å²) in [5.74, 6) is -2.12. The Morgan fingerprint density at radius 2 is 1.44 bits per heavy atom. The van der Waals surface area contributed by atoms with Crippen LogP contribution in [0.15, 0.2) is 59.1 Å². The van der Waals surface area contributed by atoms with Crippen LogP contribution in [0.2, 0.25) is 0 Å². The molecule has 0 spiro atoms. The molecular weight excluding hydrogens is 477 g/mol. The first-order chi connectivity index (χ1) is 16.3. The van der Waals surface area contributed by atoms with Gasteiger partial charge in [-0.05, 0) is 29.2 Å². The van der Waals surface area contributed by atoms with Crippen LogP contribution in [0.1, 0.15) is 34.4 Å². The Hall–Kier alpha value is -3.16. The van der Waals surface area contributed by atoms with Crippen LogP contribution in [0, 0.1) is 18.8 Å². The lowest BCUT2D eigenvalue weighted by Gasteiger charge is -2.54. The normalized spacial score (nSPS) is 28.5. The average molecular weight is 496 g/mol. The number of alkyl halides is 2. The monoisotopic (exact) mass is 495 g/mol. The molecule has 2 aromatic carbocycles. The van der Waals surface area contributed by atoms with Gasteiger partial charge in [0, 0.05) is 19.0 Å². The molecule has 9 heteroatoms. The van der Waals surface area contributed by atoms with Gasteiger partial charge in [-0.25, -0.2) is 0 Å². The third-order valence-corrected chi connectivity index (χ3v) is 8.42. The summed E-state index contributed by atoms with van der Waals surface area (Å²) in [7, 11) is 0. The Bertz CT molecular complexity index is 1260. The van der Waals surface area contributed by atoms with Crippen molar-refractivity contribution < 1.29 is 18.9 Å². The SMILES string of the molecule is Cc1cc(NC(=O)CCN2C(=O)[C@@H]3[C@H](C2=O)C2(Cl)c4ccccc4C3(Cl)c3ccccc32)no1. The van der Waals surface area contributed by atoms with E-state index < -0.39 is 33.4 Å². The van der Waals surface area contributed by atoms with Gasteiger partial charge in [-0.1, -0.05) is 53.7 Å². The molecule has 2 bridgehead atoms. The van der Waals surface area contributed by atoms with Gasteiger partial charge in [-0.15, -0.1) is 23.2 Å². The van der Waals surface area contributed by atoms with Crippen LogP contribution in [0.4, 0.5) is 5.82 Å². The fraction of sp³-hybridized carbons (Fsp3) is 0.280. The standard InChI is InChI=1S/C25H19Cl2N3O4/c1-13-12-18(29-34-13)28-19(31)10-11-30-22(32)20-21(23(30)33)25(27)15-7-3-2-6-14(15)24(20,26)16-8-4-5-9-17(16)25/h2-9,12,20-21H,10-11H2,1H3,(H,28,29,31)/t20-,21+,24?,25?. The van der Waals surface area contributed by atoms with Gasteiger partial charge >= 0.3 is 0 Å². The molecule has 0 unspecified atom stereocenters. The topological polar surface area (TPSA) is 92.5 Å². The first-order valence-corrected chi connectivity index (χ1v) is 11.7. The number of halogens is 2. The fourth-order valence-corrected chi connectivity index (χ4v) is 6.89. The van der Waals surface area contributed by atoms with Crippen molar-refractivity contribution in [2.24, 2.45) is 11.8 Å². The third kappa shape index (κ3) is 2.59.